The van der Waals surface area contributed by atoms with Gasteiger partial charge in [-0.3, -0.25) is 9.69 Å². The predicted octanol–water partition coefficient (Wildman–Crippen LogP) is 2.39. The quantitative estimate of drug-likeness (QED) is 0.879. The second kappa shape index (κ2) is 6.20. The molecule has 3 N–H and O–H groups in total. The van der Waals surface area contributed by atoms with Crippen LogP contribution in [-0.4, -0.2) is 23.0 Å². The molecule has 1 atom stereocenters. The summed E-state index contributed by atoms with van der Waals surface area (Å²) in [6, 6.07) is 7.93. The first-order valence-corrected chi connectivity index (χ1v) is 7.19. The van der Waals surface area contributed by atoms with Crippen LogP contribution in [0.4, 0.5) is 0 Å². The Kier molecular flexibility index (Phi) is 4.57. The largest absolute Gasteiger partial charge is 0.324 e. The van der Waals surface area contributed by atoms with Crippen LogP contribution >= 0.6 is 0 Å². The molecule has 0 aliphatic rings. The third kappa shape index (κ3) is 3.08. The minimum atomic E-state index is -0.00226. The monoisotopic (exact) mass is 273 g/mol. The summed E-state index contributed by atoms with van der Waals surface area (Å²) in [5.41, 5.74) is 8.67. The number of fused-ring (bicyclic) bond motifs is 1. The predicted molar refractivity (Wildman–Crippen MR) is 83.8 cm³/mol. The highest BCUT2D eigenvalue weighted by atomic mass is 16.1. The molecule has 1 aromatic heterocycles. The van der Waals surface area contributed by atoms with E-state index in [1.807, 2.05) is 25.1 Å². The molecule has 0 saturated heterocycles. The van der Waals surface area contributed by atoms with Crippen molar-refractivity contribution in [1.29, 1.82) is 0 Å². The minimum Gasteiger partial charge on any atom is -0.324 e. The van der Waals surface area contributed by atoms with Gasteiger partial charge in [-0.2, -0.15) is 0 Å². The lowest BCUT2D eigenvalue weighted by Gasteiger charge is -2.17. The van der Waals surface area contributed by atoms with Gasteiger partial charge < -0.3 is 10.7 Å². The number of aromatic amines is 1. The SMILES string of the molecule is CCN(CC)Cc1cc2cc(C(C)N)ccc2[nH]c1=O. The van der Waals surface area contributed by atoms with Crippen molar-refractivity contribution in [3.63, 3.8) is 0 Å². The summed E-state index contributed by atoms with van der Waals surface area (Å²) in [6.07, 6.45) is 0. The van der Waals surface area contributed by atoms with Crippen molar-refractivity contribution in [3.8, 4) is 0 Å². The van der Waals surface area contributed by atoms with Crippen molar-refractivity contribution in [3.05, 3.63) is 45.7 Å². The second-order valence-electron chi connectivity index (χ2n) is 5.22. The van der Waals surface area contributed by atoms with Gasteiger partial charge in [-0.05, 0) is 49.2 Å². The van der Waals surface area contributed by atoms with Gasteiger partial charge in [0.15, 0.2) is 0 Å². The molecule has 4 heteroatoms. The van der Waals surface area contributed by atoms with Crippen molar-refractivity contribution in [1.82, 2.24) is 9.88 Å². The zero-order chi connectivity index (χ0) is 14.7. The minimum absolute atomic E-state index is 0.00190. The number of nitrogens with zero attached hydrogens (tertiary/aromatic N) is 1. The lowest BCUT2D eigenvalue weighted by Crippen LogP contribution is -2.26. The smallest absolute Gasteiger partial charge is 0.252 e. The van der Waals surface area contributed by atoms with E-state index in [2.05, 4.69) is 29.8 Å². The Morgan fingerprint density at radius 2 is 1.95 bits per heavy atom. The number of rotatable bonds is 5. The maximum Gasteiger partial charge on any atom is 0.252 e. The molecule has 1 heterocycles. The van der Waals surface area contributed by atoms with E-state index in [0.29, 0.717) is 6.54 Å². The highest BCUT2D eigenvalue weighted by Gasteiger charge is 2.08. The molecule has 0 radical (unpaired) electrons. The molecule has 2 rings (SSSR count). The van der Waals surface area contributed by atoms with Crippen molar-refractivity contribution < 1.29 is 0 Å². The first kappa shape index (κ1) is 14.8. The van der Waals surface area contributed by atoms with Crippen LogP contribution in [-0.2, 0) is 6.54 Å². The summed E-state index contributed by atoms with van der Waals surface area (Å²) in [4.78, 5) is 17.3. The summed E-state index contributed by atoms with van der Waals surface area (Å²) in [6.45, 7) is 8.73. The van der Waals surface area contributed by atoms with Gasteiger partial charge in [0.2, 0.25) is 0 Å². The van der Waals surface area contributed by atoms with E-state index in [0.717, 1.165) is 35.1 Å². The molecule has 0 saturated carbocycles. The number of pyridine rings is 1. The number of hydrogen-bond acceptors (Lipinski definition) is 3. The fourth-order valence-electron chi connectivity index (χ4n) is 2.36. The fraction of sp³-hybridized carbons (Fsp3) is 0.438. The summed E-state index contributed by atoms with van der Waals surface area (Å²) in [7, 11) is 0. The number of H-pyrrole nitrogens is 1. The Hall–Kier alpha value is -1.65. The number of nitrogens with one attached hydrogen (secondary N) is 1. The lowest BCUT2D eigenvalue weighted by atomic mass is 10.0. The fourth-order valence-corrected chi connectivity index (χ4v) is 2.36. The highest BCUT2D eigenvalue weighted by molar-refractivity contribution is 5.79. The van der Waals surface area contributed by atoms with Crippen LogP contribution in [0.5, 0.6) is 0 Å². The number of benzene rings is 1. The van der Waals surface area contributed by atoms with Gasteiger partial charge in [-0.25, -0.2) is 0 Å². The number of nitrogens with two attached hydrogens (primary N) is 1. The Labute approximate surface area is 119 Å². The molecule has 1 unspecified atom stereocenters. The summed E-state index contributed by atoms with van der Waals surface area (Å²) >= 11 is 0. The molecule has 0 amide bonds. The van der Waals surface area contributed by atoms with Crippen molar-refractivity contribution in [2.24, 2.45) is 5.73 Å². The summed E-state index contributed by atoms with van der Waals surface area (Å²) in [5.74, 6) is 0. The van der Waals surface area contributed by atoms with Crippen molar-refractivity contribution in [2.45, 2.75) is 33.4 Å². The molecule has 0 bridgehead atoms. The van der Waals surface area contributed by atoms with Gasteiger partial charge in [0.05, 0.1) is 0 Å². The van der Waals surface area contributed by atoms with E-state index >= 15 is 0 Å². The molecule has 1 aromatic carbocycles. The van der Waals surface area contributed by atoms with Crippen LogP contribution in [0, 0.1) is 0 Å². The second-order valence-corrected chi connectivity index (χ2v) is 5.22. The molecule has 0 aliphatic carbocycles. The van der Waals surface area contributed by atoms with Crippen LogP contribution in [0.2, 0.25) is 0 Å². The topological polar surface area (TPSA) is 62.1 Å². The Balaban J connectivity index is 2.45. The molecular formula is C16H23N3O. The number of aromatic nitrogens is 1. The maximum atomic E-state index is 12.1. The first-order chi connectivity index (χ1) is 9.55. The van der Waals surface area contributed by atoms with E-state index < -0.39 is 0 Å². The Bertz CT molecular complexity index is 642. The zero-order valence-electron chi connectivity index (χ0n) is 12.4. The Morgan fingerprint density at radius 1 is 1.25 bits per heavy atom. The highest BCUT2D eigenvalue weighted by Crippen LogP contribution is 2.18. The first-order valence-electron chi connectivity index (χ1n) is 7.19. The molecule has 4 nitrogen and oxygen atoms in total. The van der Waals surface area contributed by atoms with Gasteiger partial charge in [0.1, 0.15) is 0 Å². The molecule has 20 heavy (non-hydrogen) atoms. The molecule has 0 aliphatic heterocycles. The average Bonchev–Trinajstić information content (AvgIpc) is 2.44. The number of hydrogen-bond donors (Lipinski definition) is 2. The van der Waals surface area contributed by atoms with Crippen LogP contribution in [0.1, 0.15) is 37.9 Å². The van der Waals surface area contributed by atoms with Crippen LogP contribution in [0.3, 0.4) is 0 Å². The molecule has 0 spiro atoms. The van der Waals surface area contributed by atoms with E-state index in [9.17, 15) is 4.79 Å². The van der Waals surface area contributed by atoms with Gasteiger partial charge in [-0.15, -0.1) is 0 Å². The van der Waals surface area contributed by atoms with E-state index in [1.54, 1.807) is 0 Å². The third-order valence-electron chi connectivity index (χ3n) is 3.76. The summed E-state index contributed by atoms with van der Waals surface area (Å²) < 4.78 is 0. The third-order valence-corrected chi connectivity index (χ3v) is 3.76. The molecule has 0 fully saturated rings. The standard InChI is InChI=1S/C16H23N3O/c1-4-19(5-2)10-14-9-13-8-12(11(3)17)6-7-15(13)18-16(14)20/h6-9,11H,4-5,10,17H2,1-3H3,(H,18,20). The van der Waals surface area contributed by atoms with Crippen LogP contribution in [0.25, 0.3) is 10.9 Å². The van der Waals surface area contributed by atoms with Crippen LogP contribution in [0.15, 0.2) is 29.1 Å². The van der Waals surface area contributed by atoms with Crippen molar-refractivity contribution >= 4 is 10.9 Å². The van der Waals surface area contributed by atoms with Crippen LogP contribution < -0.4 is 11.3 Å². The summed E-state index contributed by atoms with van der Waals surface area (Å²) in [5, 5.41) is 1.04. The lowest BCUT2D eigenvalue weighted by molar-refractivity contribution is 0.295. The van der Waals surface area contributed by atoms with E-state index in [-0.39, 0.29) is 11.6 Å². The normalized spacial score (nSPS) is 13.1. The molecule has 2 aromatic rings. The van der Waals surface area contributed by atoms with Gasteiger partial charge in [0, 0.05) is 23.7 Å². The Morgan fingerprint density at radius 3 is 2.55 bits per heavy atom. The van der Waals surface area contributed by atoms with E-state index in [1.165, 1.54) is 0 Å². The van der Waals surface area contributed by atoms with Crippen molar-refractivity contribution in [2.75, 3.05) is 13.1 Å². The van der Waals surface area contributed by atoms with Gasteiger partial charge in [0.25, 0.3) is 5.56 Å². The zero-order valence-corrected chi connectivity index (χ0v) is 12.4. The maximum absolute atomic E-state index is 12.1. The van der Waals surface area contributed by atoms with Gasteiger partial charge in [-0.1, -0.05) is 19.9 Å². The molecule has 108 valence electrons. The van der Waals surface area contributed by atoms with E-state index in [4.69, 9.17) is 5.73 Å². The average molecular weight is 273 g/mol. The van der Waals surface area contributed by atoms with Gasteiger partial charge >= 0.3 is 0 Å². The molecular weight excluding hydrogens is 250 g/mol.